The summed E-state index contributed by atoms with van der Waals surface area (Å²) < 4.78 is 5.64. The highest BCUT2D eigenvalue weighted by Gasteiger charge is 2.33. The molecule has 30 heavy (non-hydrogen) atoms. The second-order valence-electron chi connectivity index (χ2n) is 8.33. The van der Waals surface area contributed by atoms with Crippen LogP contribution in [0, 0.1) is 0 Å². The van der Waals surface area contributed by atoms with Gasteiger partial charge in [0, 0.05) is 32.4 Å². The van der Waals surface area contributed by atoms with Gasteiger partial charge in [-0.3, -0.25) is 9.59 Å². The summed E-state index contributed by atoms with van der Waals surface area (Å²) in [4.78, 5) is 44.5. The summed E-state index contributed by atoms with van der Waals surface area (Å²) in [7, 11) is 1.53. The first-order valence-electron chi connectivity index (χ1n) is 9.68. The summed E-state index contributed by atoms with van der Waals surface area (Å²) >= 11 is 0. The fourth-order valence-corrected chi connectivity index (χ4v) is 3.49. The van der Waals surface area contributed by atoms with Crippen molar-refractivity contribution >= 4 is 23.0 Å². The van der Waals surface area contributed by atoms with Crippen molar-refractivity contribution < 1.29 is 24.6 Å². The van der Waals surface area contributed by atoms with E-state index in [1.54, 1.807) is 25.7 Å². The first kappa shape index (κ1) is 21.4. The lowest BCUT2D eigenvalue weighted by molar-refractivity contribution is 0.0159. The van der Waals surface area contributed by atoms with E-state index in [0.29, 0.717) is 25.9 Å². The number of hydrogen-bond acceptors (Lipinski definition) is 7. The third kappa shape index (κ3) is 4.03. The zero-order valence-corrected chi connectivity index (χ0v) is 17.5. The van der Waals surface area contributed by atoms with Crippen LogP contribution in [0.25, 0.3) is 11.0 Å². The topological polar surface area (TPSA) is 125 Å². The number of hydrogen-bond donors (Lipinski definition) is 2. The molecule has 3 heterocycles. The van der Waals surface area contributed by atoms with E-state index in [9.17, 15) is 24.7 Å². The van der Waals surface area contributed by atoms with Crippen molar-refractivity contribution in [1.29, 1.82) is 0 Å². The number of ether oxygens (including phenoxy) is 1. The van der Waals surface area contributed by atoms with Crippen LogP contribution < -0.4 is 5.56 Å². The van der Waals surface area contributed by atoms with Crippen LogP contribution in [0.5, 0.6) is 5.75 Å². The molecule has 2 aromatic heterocycles. The third-order valence-corrected chi connectivity index (χ3v) is 5.08. The van der Waals surface area contributed by atoms with Gasteiger partial charge in [0.2, 0.25) is 0 Å². The number of piperidine rings is 1. The molecule has 0 spiro atoms. The van der Waals surface area contributed by atoms with E-state index in [1.165, 1.54) is 30.3 Å². The number of aromatic hydroxyl groups is 1. The first-order valence-corrected chi connectivity index (χ1v) is 9.68. The molecule has 2 N–H and O–H groups in total. The number of amides is 2. The molecule has 1 saturated heterocycles. The van der Waals surface area contributed by atoms with E-state index in [2.05, 4.69) is 4.98 Å². The lowest BCUT2D eigenvalue weighted by Crippen LogP contribution is -2.49. The number of rotatable bonds is 2. The quantitative estimate of drug-likeness (QED) is 0.713. The molecule has 0 aliphatic carbocycles. The van der Waals surface area contributed by atoms with Crippen LogP contribution in [0.4, 0.5) is 4.79 Å². The van der Waals surface area contributed by atoms with Crippen molar-refractivity contribution in [2.24, 2.45) is 0 Å². The second-order valence-corrected chi connectivity index (χ2v) is 8.33. The Morgan fingerprint density at radius 1 is 1.27 bits per heavy atom. The van der Waals surface area contributed by atoms with E-state index < -0.39 is 34.5 Å². The zero-order valence-electron chi connectivity index (χ0n) is 17.5. The molecule has 1 aliphatic heterocycles. The maximum absolute atomic E-state index is 13.0. The molecule has 162 valence electrons. The fraction of sp³-hybridized carbons (Fsp3) is 0.500. The van der Waals surface area contributed by atoms with E-state index in [-0.39, 0.29) is 21.8 Å². The van der Waals surface area contributed by atoms with Gasteiger partial charge in [-0.25, -0.2) is 9.78 Å². The summed E-state index contributed by atoms with van der Waals surface area (Å²) in [5.41, 5.74) is -2.28. The first-order chi connectivity index (χ1) is 14.0. The van der Waals surface area contributed by atoms with Crippen LogP contribution in [0.2, 0.25) is 0 Å². The van der Waals surface area contributed by atoms with Gasteiger partial charge in [-0.2, -0.15) is 0 Å². The van der Waals surface area contributed by atoms with E-state index in [1.807, 2.05) is 0 Å². The predicted molar refractivity (Wildman–Crippen MR) is 108 cm³/mol. The van der Waals surface area contributed by atoms with Gasteiger partial charge in [-0.1, -0.05) is 0 Å². The number of pyridine rings is 2. The minimum Gasteiger partial charge on any atom is -0.506 e. The average molecular weight is 418 g/mol. The molecule has 2 aromatic rings. The number of nitrogens with zero attached hydrogens (tertiary/aromatic N) is 4. The van der Waals surface area contributed by atoms with Gasteiger partial charge in [-0.15, -0.1) is 4.73 Å². The van der Waals surface area contributed by atoms with Crippen LogP contribution in [-0.2, 0) is 4.74 Å². The minimum absolute atomic E-state index is 0.0936. The molecule has 2 amide bonds. The lowest BCUT2D eigenvalue weighted by atomic mass is 10.0. The number of likely N-dealkylation sites (tertiary alicyclic amines) is 1. The third-order valence-electron chi connectivity index (χ3n) is 5.08. The van der Waals surface area contributed by atoms with Crippen molar-refractivity contribution in [3.63, 3.8) is 0 Å². The van der Waals surface area contributed by atoms with E-state index in [0.717, 1.165) is 0 Å². The Labute approximate surface area is 173 Å². The number of carbonyl (C=O) groups excluding carboxylic acids is 2. The molecule has 0 bridgehead atoms. The molecule has 1 fully saturated rings. The normalized spacial score (nSPS) is 15.3. The molecular formula is C20H26N4O6. The highest BCUT2D eigenvalue weighted by atomic mass is 16.6. The smallest absolute Gasteiger partial charge is 0.410 e. The molecule has 0 radical (unpaired) electrons. The Kier molecular flexibility index (Phi) is 5.60. The van der Waals surface area contributed by atoms with E-state index in [4.69, 9.17) is 4.74 Å². The summed E-state index contributed by atoms with van der Waals surface area (Å²) in [6, 6.07) is 2.74. The van der Waals surface area contributed by atoms with Gasteiger partial charge < -0.3 is 24.9 Å². The molecule has 3 rings (SSSR count). The molecule has 0 atom stereocenters. The molecule has 0 aromatic carbocycles. The largest absolute Gasteiger partial charge is 0.506 e. The maximum Gasteiger partial charge on any atom is 0.410 e. The summed E-state index contributed by atoms with van der Waals surface area (Å²) in [5.74, 6) is -1.22. The fourth-order valence-electron chi connectivity index (χ4n) is 3.49. The summed E-state index contributed by atoms with van der Waals surface area (Å²) in [5, 5.41) is 20.7. The van der Waals surface area contributed by atoms with Gasteiger partial charge in [0.25, 0.3) is 5.91 Å². The van der Waals surface area contributed by atoms with Crippen molar-refractivity contribution in [2.75, 3.05) is 20.1 Å². The molecule has 0 saturated carbocycles. The SMILES string of the molecule is CN(C(=O)c1c(O)c2cccnc2n(O)c1=O)C1CCN(C(=O)OC(C)(C)C)CC1. The number of fused-ring (bicyclic) bond motifs is 1. The van der Waals surface area contributed by atoms with E-state index >= 15 is 0 Å². The minimum atomic E-state index is -1.04. The van der Waals surface area contributed by atoms with Crippen LogP contribution in [-0.4, -0.2) is 73.6 Å². The van der Waals surface area contributed by atoms with Crippen LogP contribution in [0.1, 0.15) is 44.0 Å². The van der Waals surface area contributed by atoms with Crippen LogP contribution in [0.15, 0.2) is 23.1 Å². The number of carbonyl (C=O) groups is 2. The molecular weight excluding hydrogens is 392 g/mol. The van der Waals surface area contributed by atoms with Gasteiger partial charge >= 0.3 is 11.7 Å². The zero-order chi connectivity index (χ0) is 22.2. The maximum atomic E-state index is 13.0. The molecule has 0 unspecified atom stereocenters. The standard InChI is InChI=1S/C20H26N4O6/c1-20(2,3)30-19(28)23-10-7-12(8-11-23)22(4)17(26)14-15(25)13-6-5-9-21-16(13)24(29)18(14)27/h5-6,9,12,25,29H,7-8,10-11H2,1-4H3. The van der Waals surface area contributed by atoms with Gasteiger partial charge in [0.1, 0.15) is 11.4 Å². The second kappa shape index (κ2) is 7.85. The van der Waals surface area contributed by atoms with Crippen LogP contribution in [0.3, 0.4) is 0 Å². The Balaban J connectivity index is 1.78. The molecule has 10 nitrogen and oxygen atoms in total. The van der Waals surface area contributed by atoms with Crippen molar-refractivity contribution in [2.45, 2.75) is 45.3 Å². The Morgan fingerprint density at radius 2 is 1.90 bits per heavy atom. The predicted octanol–water partition coefficient (Wildman–Crippen LogP) is 1.81. The van der Waals surface area contributed by atoms with Gasteiger partial charge in [0.05, 0.1) is 5.39 Å². The highest BCUT2D eigenvalue weighted by molar-refractivity contribution is 6.01. The van der Waals surface area contributed by atoms with Gasteiger partial charge in [-0.05, 0) is 45.7 Å². The van der Waals surface area contributed by atoms with Crippen LogP contribution >= 0.6 is 0 Å². The van der Waals surface area contributed by atoms with Gasteiger partial charge in [0.15, 0.2) is 11.2 Å². The monoisotopic (exact) mass is 418 g/mol. The molecule has 1 aliphatic rings. The van der Waals surface area contributed by atoms with Crippen molar-refractivity contribution in [1.82, 2.24) is 19.5 Å². The number of aromatic nitrogens is 2. The van der Waals surface area contributed by atoms with Crippen molar-refractivity contribution in [3.05, 3.63) is 34.2 Å². The van der Waals surface area contributed by atoms with Crippen molar-refractivity contribution in [3.8, 4) is 5.75 Å². The molecule has 10 heteroatoms. The highest BCUT2D eigenvalue weighted by Crippen LogP contribution is 2.27. The Hall–Kier alpha value is -3.30. The average Bonchev–Trinajstić information content (AvgIpc) is 2.70. The Morgan fingerprint density at radius 3 is 2.50 bits per heavy atom. The summed E-state index contributed by atoms with van der Waals surface area (Å²) in [6.07, 6.45) is 1.94. The Bertz CT molecular complexity index is 1030. The lowest BCUT2D eigenvalue weighted by Gasteiger charge is -2.37. The summed E-state index contributed by atoms with van der Waals surface area (Å²) in [6.45, 7) is 6.18.